The number of halogens is 1. The Morgan fingerprint density at radius 2 is 2.19 bits per heavy atom. The van der Waals surface area contributed by atoms with Crippen LogP contribution in [0.2, 0.25) is 0 Å². The second-order valence-corrected chi connectivity index (χ2v) is 6.94. The molecule has 1 aliphatic heterocycles. The summed E-state index contributed by atoms with van der Waals surface area (Å²) in [4.78, 5) is 9.68. The van der Waals surface area contributed by atoms with Crippen molar-refractivity contribution in [3.05, 3.63) is 36.3 Å². The summed E-state index contributed by atoms with van der Waals surface area (Å²) in [6.07, 6.45) is 3.84. The monoisotopic (exact) mass is 474 g/mol. The Morgan fingerprint density at radius 3 is 2.81 bits per heavy atom. The maximum Gasteiger partial charge on any atom is 0.194 e. The quantitative estimate of drug-likeness (QED) is 0.257. The fourth-order valence-corrected chi connectivity index (χ4v) is 3.25. The molecule has 6 heteroatoms. The fourth-order valence-electron chi connectivity index (χ4n) is 3.25. The van der Waals surface area contributed by atoms with Gasteiger partial charge in [-0.05, 0) is 44.5 Å². The summed E-state index contributed by atoms with van der Waals surface area (Å²) in [5.41, 5.74) is 1.09. The van der Waals surface area contributed by atoms with Crippen molar-refractivity contribution in [2.75, 3.05) is 45.8 Å². The van der Waals surface area contributed by atoms with Gasteiger partial charge in [-0.3, -0.25) is 0 Å². The van der Waals surface area contributed by atoms with E-state index in [1.165, 1.54) is 13.0 Å². The van der Waals surface area contributed by atoms with E-state index in [0.29, 0.717) is 6.54 Å². The molecule has 1 atom stereocenters. The van der Waals surface area contributed by atoms with Crippen LogP contribution in [0.5, 0.6) is 0 Å². The van der Waals surface area contributed by atoms with Crippen molar-refractivity contribution in [3.63, 3.8) is 0 Å². The summed E-state index contributed by atoms with van der Waals surface area (Å²) in [6.45, 7) is 17.6. The van der Waals surface area contributed by atoms with Crippen molar-refractivity contribution in [2.45, 2.75) is 33.6 Å². The molecule has 2 rings (SSSR count). The number of aliphatic imine (C=N–C) groups is 1. The van der Waals surface area contributed by atoms with E-state index in [-0.39, 0.29) is 24.0 Å². The highest BCUT2D eigenvalue weighted by Gasteiger charge is 2.26. The standard InChI is InChI=1S/C20H34N4O.HI/c1-5-23(6-2)15-18-10-12-24(16-18)20(22-14-17(3)4)21-11-9-19-8-7-13-25-19;/h7-8,13,18H,3,5-6,9-12,14-16H2,1-2,4H3,(H,21,22);1H. The van der Waals surface area contributed by atoms with E-state index in [2.05, 4.69) is 35.5 Å². The van der Waals surface area contributed by atoms with Crippen molar-refractivity contribution >= 4 is 29.9 Å². The zero-order valence-corrected chi connectivity index (χ0v) is 18.9. The zero-order valence-electron chi connectivity index (χ0n) is 16.5. The third-order valence-corrected chi connectivity index (χ3v) is 4.73. The molecule has 0 aromatic carbocycles. The Labute approximate surface area is 175 Å². The van der Waals surface area contributed by atoms with Gasteiger partial charge in [-0.15, -0.1) is 24.0 Å². The Kier molecular flexibility index (Phi) is 11.0. The molecule has 1 aromatic rings. The zero-order chi connectivity index (χ0) is 18.1. The average Bonchev–Trinajstić information content (AvgIpc) is 3.27. The number of rotatable bonds is 9. The molecule has 1 fully saturated rings. The molecule has 1 N–H and O–H groups in total. The van der Waals surface area contributed by atoms with E-state index in [9.17, 15) is 0 Å². The molecule has 1 aliphatic rings. The molecule has 148 valence electrons. The van der Waals surface area contributed by atoms with Gasteiger partial charge in [0.1, 0.15) is 5.76 Å². The largest absolute Gasteiger partial charge is 0.469 e. The summed E-state index contributed by atoms with van der Waals surface area (Å²) in [5, 5.41) is 3.52. The first-order valence-electron chi connectivity index (χ1n) is 9.54. The second kappa shape index (κ2) is 12.4. The summed E-state index contributed by atoms with van der Waals surface area (Å²) < 4.78 is 5.41. The normalized spacial score (nSPS) is 17.5. The minimum absolute atomic E-state index is 0. The minimum Gasteiger partial charge on any atom is -0.469 e. The Bertz CT molecular complexity index is 540. The number of hydrogen-bond acceptors (Lipinski definition) is 3. The van der Waals surface area contributed by atoms with Crippen LogP contribution in [0.1, 0.15) is 33.0 Å². The van der Waals surface area contributed by atoms with Gasteiger partial charge in [0.05, 0.1) is 12.8 Å². The summed E-state index contributed by atoms with van der Waals surface area (Å²) in [6, 6.07) is 3.95. The van der Waals surface area contributed by atoms with Crippen LogP contribution in [0.3, 0.4) is 0 Å². The predicted molar refractivity (Wildman–Crippen MR) is 120 cm³/mol. The first-order valence-corrected chi connectivity index (χ1v) is 9.54. The fraction of sp³-hybridized carbons (Fsp3) is 0.650. The van der Waals surface area contributed by atoms with Crippen molar-refractivity contribution in [1.82, 2.24) is 15.1 Å². The van der Waals surface area contributed by atoms with Crippen LogP contribution in [-0.4, -0.2) is 61.6 Å². The number of guanidine groups is 1. The summed E-state index contributed by atoms with van der Waals surface area (Å²) >= 11 is 0. The van der Waals surface area contributed by atoms with Crippen LogP contribution in [0.15, 0.2) is 40.0 Å². The summed E-state index contributed by atoms with van der Waals surface area (Å²) in [5.74, 6) is 2.74. The molecule has 5 nitrogen and oxygen atoms in total. The average molecular weight is 474 g/mol. The number of nitrogens with zero attached hydrogens (tertiary/aromatic N) is 3. The maximum atomic E-state index is 5.41. The minimum atomic E-state index is 0. The molecule has 0 aliphatic carbocycles. The highest BCUT2D eigenvalue weighted by molar-refractivity contribution is 14.0. The number of furan rings is 1. The van der Waals surface area contributed by atoms with Crippen LogP contribution < -0.4 is 5.32 Å². The summed E-state index contributed by atoms with van der Waals surface area (Å²) in [7, 11) is 0. The molecule has 1 saturated heterocycles. The first-order chi connectivity index (χ1) is 12.1. The van der Waals surface area contributed by atoms with Crippen LogP contribution in [0.4, 0.5) is 0 Å². The molecule has 1 aromatic heterocycles. The molecule has 26 heavy (non-hydrogen) atoms. The van der Waals surface area contributed by atoms with Gasteiger partial charge in [0.15, 0.2) is 5.96 Å². The molecular weight excluding hydrogens is 439 g/mol. The van der Waals surface area contributed by atoms with Gasteiger partial charge in [0.2, 0.25) is 0 Å². The van der Waals surface area contributed by atoms with Crippen molar-refractivity contribution in [2.24, 2.45) is 10.9 Å². The van der Waals surface area contributed by atoms with Crippen molar-refractivity contribution < 1.29 is 4.42 Å². The Balaban J connectivity index is 0.00000338. The van der Waals surface area contributed by atoms with Gasteiger partial charge in [0, 0.05) is 32.6 Å². The second-order valence-electron chi connectivity index (χ2n) is 6.94. The molecule has 0 spiro atoms. The van der Waals surface area contributed by atoms with Gasteiger partial charge >= 0.3 is 0 Å². The lowest BCUT2D eigenvalue weighted by molar-refractivity contribution is 0.255. The predicted octanol–water partition coefficient (Wildman–Crippen LogP) is 3.63. The SMILES string of the molecule is C=C(C)CN=C(NCCc1ccco1)N1CCC(CN(CC)CC)C1.I. The van der Waals surface area contributed by atoms with Crippen molar-refractivity contribution in [3.8, 4) is 0 Å². The third-order valence-electron chi connectivity index (χ3n) is 4.73. The smallest absolute Gasteiger partial charge is 0.194 e. The van der Waals surface area contributed by atoms with E-state index in [1.807, 2.05) is 19.1 Å². The molecule has 0 bridgehead atoms. The van der Waals surface area contributed by atoms with E-state index >= 15 is 0 Å². The lowest BCUT2D eigenvalue weighted by Gasteiger charge is -2.24. The number of likely N-dealkylation sites (tertiary alicyclic amines) is 1. The van der Waals surface area contributed by atoms with E-state index in [4.69, 9.17) is 9.41 Å². The molecule has 0 saturated carbocycles. The highest BCUT2D eigenvalue weighted by atomic mass is 127. The van der Waals surface area contributed by atoms with Crippen LogP contribution >= 0.6 is 24.0 Å². The molecule has 2 heterocycles. The Hall–Kier alpha value is -1.02. The topological polar surface area (TPSA) is 44.0 Å². The Morgan fingerprint density at radius 1 is 1.42 bits per heavy atom. The molecule has 1 unspecified atom stereocenters. The van der Waals surface area contributed by atoms with Crippen LogP contribution in [-0.2, 0) is 6.42 Å². The van der Waals surface area contributed by atoms with Gasteiger partial charge in [-0.1, -0.05) is 26.0 Å². The van der Waals surface area contributed by atoms with Crippen molar-refractivity contribution in [1.29, 1.82) is 0 Å². The third kappa shape index (κ3) is 7.70. The van der Waals surface area contributed by atoms with Gasteiger partial charge in [-0.25, -0.2) is 4.99 Å². The highest BCUT2D eigenvalue weighted by Crippen LogP contribution is 2.18. The van der Waals surface area contributed by atoms with Gasteiger partial charge in [-0.2, -0.15) is 0 Å². The molecule has 0 amide bonds. The van der Waals surface area contributed by atoms with E-state index in [0.717, 1.165) is 62.4 Å². The van der Waals surface area contributed by atoms with Crippen LogP contribution in [0.25, 0.3) is 0 Å². The van der Waals surface area contributed by atoms with Gasteiger partial charge in [0.25, 0.3) is 0 Å². The molecule has 0 radical (unpaired) electrons. The first kappa shape index (κ1) is 23.0. The van der Waals surface area contributed by atoms with Gasteiger partial charge < -0.3 is 19.5 Å². The molecular formula is C20H35IN4O. The lowest BCUT2D eigenvalue weighted by atomic mass is 10.1. The number of hydrogen-bond donors (Lipinski definition) is 1. The van der Waals surface area contributed by atoms with E-state index < -0.39 is 0 Å². The maximum absolute atomic E-state index is 5.41. The van der Waals surface area contributed by atoms with Crippen LogP contribution in [0, 0.1) is 5.92 Å². The number of nitrogens with one attached hydrogen (secondary N) is 1. The van der Waals surface area contributed by atoms with E-state index in [1.54, 1.807) is 6.26 Å². The lowest BCUT2D eigenvalue weighted by Crippen LogP contribution is -2.41.